The van der Waals surface area contributed by atoms with Crippen molar-refractivity contribution in [3.63, 3.8) is 0 Å². The zero-order chi connectivity index (χ0) is 14.5. The van der Waals surface area contributed by atoms with Crippen LogP contribution in [-0.2, 0) is 5.75 Å². The molecule has 0 atom stereocenters. The molecule has 0 aromatic heterocycles. The molecule has 2 aromatic carbocycles. The van der Waals surface area contributed by atoms with Crippen LogP contribution in [0.15, 0.2) is 45.8 Å². The van der Waals surface area contributed by atoms with Crippen molar-refractivity contribution in [3.8, 4) is 11.8 Å². The van der Waals surface area contributed by atoms with Gasteiger partial charge in [-0.15, -0.1) is 11.8 Å². The number of methoxy groups -OCH3 is 1. The molecule has 0 heterocycles. The Labute approximate surface area is 130 Å². The Kier molecular flexibility index (Phi) is 4.94. The Morgan fingerprint density at radius 3 is 2.75 bits per heavy atom. The van der Waals surface area contributed by atoms with Crippen molar-refractivity contribution in [1.82, 2.24) is 0 Å². The Balaban J connectivity index is 2.20. The summed E-state index contributed by atoms with van der Waals surface area (Å²) in [5.74, 6) is 1.48. The molecule has 0 saturated carbocycles. The minimum atomic E-state index is 0.630. The van der Waals surface area contributed by atoms with Gasteiger partial charge in [0, 0.05) is 26.4 Å². The maximum atomic E-state index is 8.96. The Hall–Kier alpha value is -1.64. The summed E-state index contributed by atoms with van der Waals surface area (Å²) in [6.45, 7) is 0. The number of hydrogen-bond acceptors (Lipinski definition) is 4. The zero-order valence-electron chi connectivity index (χ0n) is 10.9. The quantitative estimate of drug-likeness (QED) is 0.664. The fourth-order valence-electron chi connectivity index (χ4n) is 1.77. The van der Waals surface area contributed by atoms with E-state index in [1.807, 2.05) is 30.3 Å². The molecule has 3 nitrogen and oxygen atoms in total. The molecular formula is C15H13BrN2OS. The van der Waals surface area contributed by atoms with Crippen molar-refractivity contribution < 1.29 is 4.74 Å². The predicted octanol–water partition coefficient (Wildman–Crippen LogP) is 4.20. The fourth-order valence-corrected chi connectivity index (χ4v) is 3.07. The summed E-state index contributed by atoms with van der Waals surface area (Å²) in [5, 5.41) is 8.96. The van der Waals surface area contributed by atoms with Crippen LogP contribution in [0.2, 0.25) is 0 Å². The number of ether oxygens (including phenoxy) is 1. The molecule has 0 unspecified atom stereocenters. The topological polar surface area (TPSA) is 59.0 Å². The lowest BCUT2D eigenvalue weighted by Gasteiger charge is -2.10. The monoisotopic (exact) mass is 348 g/mol. The molecule has 102 valence electrons. The van der Waals surface area contributed by atoms with Crippen molar-refractivity contribution in [1.29, 1.82) is 5.26 Å². The van der Waals surface area contributed by atoms with E-state index in [0.717, 1.165) is 26.4 Å². The van der Waals surface area contributed by atoms with Gasteiger partial charge in [0.1, 0.15) is 5.75 Å². The van der Waals surface area contributed by atoms with E-state index in [1.54, 1.807) is 24.9 Å². The summed E-state index contributed by atoms with van der Waals surface area (Å²) in [5.41, 5.74) is 8.33. The van der Waals surface area contributed by atoms with Gasteiger partial charge in [-0.2, -0.15) is 5.26 Å². The molecule has 0 aliphatic heterocycles. The summed E-state index contributed by atoms with van der Waals surface area (Å²) < 4.78 is 6.28. The third kappa shape index (κ3) is 3.47. The first-order chi connectivity index (χ1) is 9.63. The summed E-state index contributed by atoms with van der Waals surface area (Å²) >= 11 is 5.01. The number of nitriles is 1. The maximum absolute atomic E-state index is 8.96. The van der Waals surface area contributed by atoms with Gasteiger partial charge in [-0.3, -0.25) is 0 Å². The summed E-state index contributed by atoms with van der Waals surface area (Å²) in [6, 6.07) is 13.4. The van der Waals surface area contributed by atoms with Crippen LogP contribution in [0.1, 0.15) is 11.1 Å². The molecule has 0 bridgehead atoms. The minimum Gasteiger partial charge on any atom is -0.496 e. The second-order valence-corrected chi connectivity index (χ2v) is 6.04. The SMILES string of the molecule is COc1ccc(C#N)cc1CSc1ccc(Br)cc1N. The maximum Gasteiger partial charge on any atom is 0.122 e. The average molecular weight is 349 g/mol. The van der Waals surface area contributed by atoms with E-state index in [9.17, 15) is 0 Å². The van der Waals surface area contributed by atoms with Gasteiger partial charge >= 0.3 is 0 Å². The van der Waals surface area contributed by atoms with Crippen molar-refractivity contribution >= 4 is 33.4 Å². The van der Waals surface area contributed by atoms with Crippen LogP contribution < -0.4 is 10.5 Å². The van der Waals surface area contributed by atoms with Crippen LogP contribution in [0.25, 0.3) is 0 Å². The van der Waals surface area contributed by atoms with Crippen molar-refractivity contribution in [2.24, 2.45) is 0 Å². The van der Waals surface area contributed by atoms with E-state index in [4.69, 9.17) is 15.7 Å². The molecule has 5 heteroatoms. The lowest BCUT2D eigenvalue weighted by molar-refractivity contribution is 0.411. The first-order valence-electron chi connectivity index (χ1n) is 5.89. The lowest BCUT2D eigenvalue weighted by atomic mass is 10.1. The van der Waals surface area contributed by atoms with E-state index in [0.29, 0.717) is 11.3 Å². The predicted molar refractivity (Wildman–Crippen MR) is 85.8 cm³/mol. The van der Waals surface area contributed by atoms with Crippen LogP contribution in [-0.4, -0.2) is 7.11 Å². The first kappa shape index (κ1) is 14.8. The van der Waals surface area contributed by atoms with Crippen molar-refractivity contribution in [2.75, 3.05) is 12.8 Å². The largest absolute Gasteiger partial charge is 0.496 e. The highest BCUT2D eigenvalue weighted by molar-refractivity contribution is 9.10. The van der Waals surface area contributed by atoms with E-state index >= 15 is 0 Å². The molecule has 0 spiro atoms. The normalized spacial score (nSPS) is 10.1. The molecule has 2 aromatic rings. The smallest absolute Gasteiger partial charge is 0.122 e. The minimum absolute atomic E-state index is 0.630. The van der Waals surface area contributed by atoms with E-state index in [1.165, 1.54) is 0 Å². The van der Waals surface area contributed by atoms with Crippen LogP contribution in [0, 0.1) is 11.3 Å². The van der Waals surface area contributed by atoms with E-state index in [2.05, 4.69) is 22.0 Å². The van der Waals surface area contributed by atoms with Crippen LogP contribution >= 0.6 is 27.7 Å². The van der Waals surface area contributed by atoms with Crippen molar-refractivity contribution in [3.05, 3.63) is 52.0 Å². The van der Waals surface area contributed by atoms with Gasteiger partial charge in [-0.25, -0.2) is 0 Å². The number of benzene rings is 2. The number of nitrogens with two attached hydrogens (primary N) is 1. The number of anilines is 1. The van der Waals surface area contributed by atoms with Gasteiger partial charge in [0.15, 0.2) is 0 Å². The molecule has 0 aliphatic rings. The zero-order valence-corrected chi connectivity index (χ0v) is 13.3. The van der Waals surface area contributed by atoms with Crippen LogP contribution in [0.5, 0.6) is 5.75 Å². The lowest BCUT2D eigenvalue weighted by Crippen LogP contribution is -1.93. The van der Waals surface area contributed by atoms with Crippen molar-refractivity contribution in [2.45, 2.75) is 10.6 Å². The van der Waals surface area contributed by atoms with Crippen LogP contribution in [0.3, 0.4) is 0 Å². The van der Waals surface area contributed by atoms with Gasteiger partial charge in [0.05, 0.1) is 18.7 Å². The van der Waals surface area contributed by atoms with Gasteiger partial charge < -0.3 is 10.5 Å². The van der Waals surface area contributed by atoms with Gasteiger partial charge in [0.25, 0.3) is 0 Å². The molecular weight excluding hydrogens is 336 g/mol. The van der Waals surface area contributed by atoms with Gasteiger partial charge in [0.2, 0.25) is 0 Å². The average Bonchev–Trinajstić information content (AvgIpc) is 2.46. The number of rotatable bonds is 4. The van der Waals surface area contributed by atoms with E-state index < -0.39 is 0 Å². The summed E-state index contributed by atoms with van der Waals surface area (Å²) in [6.07, 6.45) is 0. The number of nitrogen functional groups attached to an aromatic ring is 1. The number of thioether (sulfide) groups is 1. The molecule has 0 saturated heterocycles. The molecule has 0 amide bonds. The molecule has 2 rings (SSSR count). The van der Waals surface area contributed by atoms with Gasteiger partial charge in [-0.1, -0.05) is 15.9 Å². The number of nitrogens with zero attached hydrogens (tertiary/aromatic N) is 1. The van der Waals surface area contributed by atoms with E-state index in [-0.39, 0.29) is 0 Å². The molecule has 0 fully saturated rings. The van der Waals surface area contributed by atoms with Crippen LogP contribution in [0.4, 0.5) is 5.69 Å². The molecule has 20 heavy (non-hydrogen) atoms. The number of halogens is 1. The molecule has 2 N–H and O–H groups in total. The highest BCUT2D eigenvalue weighted by atomic mass is 79.9. The fraction of sp³-hybridized carbons (Fsp3) is 0.133. The highest BCUT2D eigenvalue weighted by Gasteiger charge is 2.07. The third-order valence-corrected chi connectivity index (χ3v) is 4.40. The highest BCUT2D eigenvalue weighted by Crippen LogP contribution is 2.33. The first-order valence-corrected chi connectivity index (χ1v) is 7.66. The standard InChI is InChI=1S/C15H13BrN2OS/c1-19-14-4-2-10(8-17)6-11(14)9-20-15-5-3-12(16)7-13(15)18/h2-7H,9,18H2,1H3. The summed E-state index contributed by atoms with van der Waals surface area (Å²) in [4.78, 5) is 1.01. The molecule has 0 radical (unpaired) electrons. The summed E-state index contributed by atoms with van der Waals surface area (Å²) in [7, 11) is 1.63. The Morgan fingerprint density at radius 1 is 1.30 bits per heavy atom. The molecule has 0 aliphatic carbocycles. The van der Waals surface area contributed by atoms with Gasteiger partial charge in [-0.05, 0) is 36.4 Å². The second kappa shape index (κ2) is 6.69. The third-order valence-electron chi connectivity index (χ3n) is 2.76. The Morgan fingerprint density at radius 2 is 2.10 bits per heavy atom. The Bertz CT molecular complexity index is 667. The second-order valence-electron chi connectivity index (χ2n) is 4.11. The number of hydrogen-bond donors (Lipinski definition) is 1.